The Bertz CT molecular complexity index is 980. The van der Waals surface area contributed by atoms with Crippen LogP contribution >= 0.6 is 11.3 Å². The third kappa shape index (κ3) is 3.85. The van der Waals surface area contributed by atoms with Gasteiger partial charge in [-0.05, 0) is 36.1 Å². The summed E-state index contributed by atoms with van der Waals surface area (Å²) >= 11 is 1.35. The first kappa shape index (κ1) is 18.7. The largest absolute Gasteiger partial charge is 0.493 e. The van der Waals surface area contributed by atoms with Gasteiger partial charge in [0.05, 0.1) is 24.7 Å². The Balaban J connectivity index is 1.93. The average molecular weight is 381 g/mol. The Labute approximate surface area is 161 Å². The van der Waals surface area contributed by atoms with Crippen LogP contribution in [0.5, 0.6) is 11.5 Å². The van der Waals surface area contributed by atoms with E-state index in [0.29, 0.717) is 33.2 Å². The third-order valence-corrected chi connectivity index (χ3v) is 5.01. The van der Waals surface area contributed by atoms with Gasteiger partial charge in [0.2, 0.25) is 5.78 Å². The molecule has 2 aromatic carbocycles. The van der Waals surface area contributed by atoms with Crippen LogP contribution in [0, 0.1) is 6.92 Å². The number of carbonyl (C=O) groups excluding carboxylic acids is 2. The van der Waals surface area contributed by atoms with Gasteiger partial charge >= 0.3 is 0 Å². The molecule has 0 aliphatic rings. The summed E-state index contributed by atoms with van der Waals surface area (Å²) in [6.07, 6.45) is 0. The van der Waals surface area contributed by atoms with Gasteiger partial charge in [-0.2, -0.15) is 0 Å². The summed E-state index contributed by atoms with van der Waals surface area (Å²) in [4.78, 5) is 26.2. The first-order valence-corrected chi connectivity index (χ1v) is 9.14. The number of methoxy groups -OCH3 is 2. The summed E-state index contributed by atoms with van der Waals surface area (Å²) < 4.78 is 10.6. The molecule has 0 spiro atoms. The molecule has 0 bridgehead atoms. The van der Waals surface area contributed by atoms with Crippen LogP contribution in [0.2, 0.25) is 0 Å². The lowest BCUT2D eigenvalue weighted by atomic mass is 10.0. The van der Waals surface area contributed by atoms with E-state index in [-0.39, 0.29) is 11.7 Å². The van der Waals surface area contributed by atoms with E-state index >= 15 is 0 Å². The summed E-state index contributed by atoms with van der Waals surface area (Å²) in [6, 6.07) is 13.9. The molecule has 0 unspecified atom stereocenters. The molecule has 27 heavy (non-hydrogen) atoms. The number of carbonyl (C=O) groups is 2. The topological polar surface area (TPSA) is 64.6 Å². The van der Waals surface area contributed by atoms with Crippen molar-refractivity contribution in [3.8, 4) is 11.5 Å². The van der Waals surface area contributed by atoms with E-state index in [0.717, 1.165) is 5.56 Å². The Morgan fingerprint density at radius 3 is 2.22 bits per heavy atom. The van der Waals surface area contributed by atoms with Gasteiger partial charge in [0.15, 0.2) is 11.5 Å². The molecule has 0 atom stereocenters. The molecule has 5 nitrogen and oxygen atoms in total. The molecule has 0 fully saturated rings. The lowest BCUT2D eigenvalue weighted by molar-refractivity contribution is 0.0997. The standard InChI is InChI=1S/C21H19NO4S/c1-13-11-17(25-2)18(26-3)12-16(13)22-21(24)15-8-5-4-7-14(15)20(23)19-9-6-10-27-19/h4-12H,1-3H3,(H,22,24). The van der Waals surface area contributed by atoms with Gasteiger partial charge < -0.3 is 14.8 Å². The molecular formula is C21H19NO4S. The van der Waals surface area contributed by atoms with Crippen molar-refractivity contribution in [2.24, 2.45) is 0 Å². The van der Waals surface area contributed by atoms with Crippen LogP contribution in [0.3, 0.4) is 0 Å². The molecule has 1 heterocycles. The number of rotatable bonds is 6. The highest BCUT2D eigenvalue weighted by Crippen LogP contribution is 2.33. The molecule has 0 aliphatic heterocycles. The molecule has 138 valence electrons. The van der Waals surface area contributed by atoms with Crippen molar-refractivity contribution >= 4 is 28.7 Å². The zero-order chi connectivity index (χ0) is 19.4. The third-order valence-electron chi connectivity index (χ3n) is 4.14. The molecule has 0 saturated heterocycles. The average Bonchev–Trinajstić information content (AvgIpc) is 3.23. The predicted molar refractivity (Wildman–Crippen MR) is 106 cm³/mol. The Morgan fingerprint density at radius 1 is 0.926 bits per heavy atom. The van der Waals surface area contributed by atoms with E-state index in [9.17, 15) is 9.59 Å². The Hall–Kier alpha value is -3.12. The minimum atomic E-state index is -0.356. The number of hydrogen-bond acceptors (Lipinski definition) is 5. The molecule has 3 aromatic rings. The minimum Gasteiger partial charge on any atom is -0.493 e. The van der Waals surface area contributed by atoms with Crippen LogP contribution in [0.4, 0.5) is 5.69 Å². The highest BCUT2D eigenvalue weighted by molar-refractivity contribution is 7.12. The zero-order valence-corrected chi connectivity index (χ0v) is 16.1. The summed E-state index contributed by atoms with van der Waals surface area (Å²) in [5.41, 5.74) is 2.11. The lowest BCUT2D eigenvalue weighted by Crippen LogP contribution is -2.17. The van der Waals surface area contributed by atoms with Crippen LogP contribution in [0.1, 0.15) is 31.2 Å². The van der Waals surface area contributed by atoms with E-state index in [1.165, 1.54) is 18.4 Å². The van der Waals surface area contributed by atoms with E-state index in [1.54, 1.807) is 49.6 Å². The normalized spacial score (nSPS) is 10.3. The molecule has 6 heteroatoms. The maximum Gasteiger partial charge on any atom is 0.256 e. The number of ketones is 1. The maximum atomic E-state index is 12.9. The van der Waals surface area contributed by atoms with Crippen molar-refractivity contribution in [1.29, 1.82) is 0 Å². The van der Waals surface area contributed by atoms with Gasteiger partial charge in [0.1, 0.15) is 0 Å². The fourth-order valence-electron chi connectivity index (χ4n) is 2.72. The Kier molecular flexibility index (Phi) is 5.57. The summed E-state index contributed by atoms with van der Waals surface area (Å²) in [5, 5.41) is 4.71. The fourth-order valence-corrected chi connectivity index (χ4v) is 3.40. The van der Waals surface area contributed by atoms with Gasteiger partial charge in [-0.25, -0.2) is 0 Å². The van der Waals surface area contributed by atoms with Crippen molar-refractivity contribution in [1.82, 2.24) is 0 Å². The second kappa shape index (κ2) is 8.05. The molecule has 0 radical (unpaired) electrons. The van der Waals surface area contributed by atoms with Crippen LogP contribution in [-0.4, -0.2) is 25.9 Å². The molecule has 3 rings (SSSR count). The van der Waals surface area contributed by atoms with Crippen molar-refractivity contribution in [2.45, 2.75) is 6.92 Å². The quantitative estimate of drug-likeness (QED) is 0.636. The zero-order valence-electron chi connectivity index (χ0n) is 15.2. The van der Waals surface area contributed by atoms with Gasteiger partial charge in [-0.15, -0.1) is 11.3 Å². The van der Waals surface area contributed by atoms with Crippen molar-refractivity contribution in [3.05, 3.63) is 75.5 Å². The van der Waals surface area contributed by atoms with Crippen LogP contribution in [0.15, 0.2) is 53.9 Å². The van der Waals surface area contributed by atoms with Crippen LogP contribution in [-0.2, 0) is 0 Å². The highest BCUT2D eigenvalue weighted by Gasteiger charge is 2.20. The summed E-state index contributed by atoms with van der Waals surface area (Å²) in [7, 11) is 3.09. The van der Waals surface area contributed by atoms with Crippen molar-refractivity contribution in [2.75, 3.05) is 19.5 Å². The second-order valence-corrected chi connectivity index (χ2v) is 6.78. The molecule has 0 aliphatic carbocycles. The lowest BCUT2D eigenvalue weighted by Gasteiger charge is -2.14. The smallest absolute Gasteiger partial charge is 0.256 e. The number of hydrogen-bond donors (Lipinski definition) is 1. The van der Waals surface area contributed by atoms with E-state index in [1.807, 2.05) is 18.4 Å². The fraction of sp³-hybridized carbons (Fsp3) is 0.143. The molecule has 1 amide bonds. The molecule has 0 saturated carbocycles. The first-order valence-electron chi connectivity index (χ1n) is 8.26. The predicted octanol–water partition coefficient (Wildman–Crippen LogP) is 4.56. The van der Waals surface area contributed by atoms with Gasteiger partial charge in [0, 0.05) is 17.3 Å². The monoisotopic (exact) mass is 381 g/mol. The van der Waals surface area contributed by atoms with E-state index in [2.05, 4.69) is 5.32 Å². The summed E-state index contributed by atoms with van der Waals surface area (Å²) in [6.45, 7) is 1.86. The van der Waals surface area contributed by atoms with Crippen molar-refractivity contribution in [3.63, 3.8) is 0 Å². The van der Waals surface area contributed by atoms with Gasteiger partial charge in [0.25, 0.3) is 5.91 Å². The number of nitrogens with one attached hydrogen (secondary N) is 1. The minimum absolute atomic E-state index is 0.167. The van der Waals surface area contributed by atoms with Crippen LogP contribution in [0.25, 0.3) is 0 Å². The SMILES string of the molecule is COc1cc(C)c(NC(=O)c2ccccc2C(=O)c2cccs2)cc1OC. The number of anilines is 1. The van der Waals surface area contributed by atoms with E-state index < -0.39 is 0 Å². The second-order valence-electron chi connectivity index (χ2n) is 5.83. The van der Waals surface area contributed by atoms with Gasteiger partial charge in [-0.3, -0.25) is 9.59 Å². The number of ether oxygens (including phenoxy) is 2. The van der Waals surface area contributed by atoms with Crippen LogP contribution < -0.4 is 14.8 Å². The number of thiophene rings is 1. The molecule has 1 N–H and O–H groups in total. The first-order chi connectivity index (χ1) is 13.0. The maximum absolute atomic E-state index is 12.9. The molecular weight excluding hydrogens is 362 g/mol. The highest BCUT2D eigenvalue weighted by atomic mass is 32.1. The number of aryl methyl sites for hydroxylation is 1. The number of benzene rings is 2. The van der Waals surface area contributed by atoms with Gasteiger partial charge in [-0.1, -0.05) is 24.3 Å². The van der Waals surface area contributed by atoms with Crippen molar-refractivity contribution < 1.29 is 19.1 Å². The summed E-state index contributed by atoms with van der Waals surface area (Å²) in [5.74, 6) is 0.577. The van der Waals surface area contributed by atoms with E-state index in [4.69, 9.17) is 9.47 Å². The Morgan fingerprint density at radius 2 is 1.59 bits per heavy atom. The molecule has 1 aromatic heterocycles. The number of amides is 1.